The molecule has 0 radical (unpaired) electrons. The van der Waals surface area contributed by atoms with E-state index in [-0.39, 0.29) is 12.5 Å². The maximum atomic E-state index is 11.6. The highest BCUT2D eigenvalue weighted by Gasteiger charge is 2.08. The summed E-state index contributed by atoms with van der Waals surface area (Å²) in [6, 6.07) is 3.84. The van der Waals surface area contributed by atoms with Gasteiger partial charge in [0, 0.05) is 12.2 Å². The largest absolute Gasteiger partial charge is 0.480 e. The zero-order valence-corrected chi connectivity index (χ0v) is 10.5. The predicted molar refractivity (Wildman–Crippen MR) is 67.2 cm³/mol. The van der Waals surface area contributed by atoms with E-state index in [1.807, 2.05) is 6.92 Å². The van der Waals surface area contributed by atoms with E-state index in [0.717, 1.165) is 6.42 Å². The summed E-state index contributed by atoms with van der Waals surface area (Å²) < 4.78 is 5.05. The molecule has 1 aromatic heterocycles. The topological polar surface area (TPSA) is 63.2 Å². The summed E-state index contributed by atoms with van der Waals surface area (Å²) in [4.78, 5) is 15.6. The van der Waals surface area contributed by atoms with Crippen LogP contribution in [0.4, 0.5) is 5.69 Å². The van der Waals surface area contributed by atoms with Gasteiger partial charge in [0.25, 0.3) is 0 Å². The van der Waals surface area contributed by atoms with Gasteiger partial charge in [-0.1, -0.05) is 6.92 Å². The van der Waals surface area contributed by atoms with Crippen LogP contribution in [0.15, 0.2) is 18.3 Å². The Kier molecular flexibility index (Phi) is 5.42. The molecule has 0 aliphatic heterocycles. The quantitative estimate of drug-likeness (QED) is 0.785. The van der Waals surface area contributed by atoms with Gasteiger partial charge in [0.2, 0.25) is 11.8 Å². The van der Waals surface area contributed by atoms with E-state index in [4.69, 9.17) is 4.74 Å². The lowest BCUT2D eigenvalue weighted by Crippen LogP contribution is -2.34. The van der Waals surface area contributed by atoms with Gasteiger partial charge in [-0.15, -0.1) is 0 Å². The molecule has 1 atom stereocenters. The molecule has 0 spiro atoms. The molecule has 1 rings (SSSR count). The lowest BCUT2D eigenvalue weighted by Gasteiger charge is -2.12. The van der Waals surface area contributed by atoms with Gasteiger partial charge in [-0.2, -0.15) is 0 Å². The molecule has 5 heteroatoms. The lowest BCUT2D eigenvalue weighted by molar-refractivity contribution is -0.115. The number of aromatic nitrogens is 1. The molecule has 0 aliphatic carbocycles. The molecule has 2 N–H and O–H groups in total. The summed E-state index contributed by atoms with van der Waals surface area (Å²) >= 11 is 0. The fourth-order valence-electron chi connectivity index (χ4n) is 1.25. The van der Waals surface area contributed by atoms with Gasteiger partial charge in [-0.3, -0.25) is 4.79 Å². The lowest BCUT2D eigenvalue weighted by atomic mass is 10.2. The van der Waals surface area contributed by atoms with E-state index < -0.39 is 0 Å². The number of nitrogens with zero attached hydrogens (tertiary/aromatic N) is 1. The molecule has 1 aromatic rings. The molecule has 1 unspecified atom stereocenters. The van der Waals surface area contributed by atoms with Gasteiger partial charge < -0.3 is 15.4 Å². The smallest absolute Gasteiger partial charge is 0.238 e. The maximum Gasteiger partial charge on any atom is 0.238 e. The summed E-state index contributed by atoms with van der Waals surface area (Å²) in [7, 11) is 1.52. The summed E-state index contributed by atoms with van der Waals surface area (Å²) in [5, 5.41) is 5.87. The number of anilines is 1. The number of methoxy groups -OCH3 is 1. The Labute approximate surface area is 102 Å². The molecule has 0 aromatic carbocycles. The van der Waals surface area contributed by atoms with Crippen LogP contribution in [0.25, 0.3) is 0 Å². The average Bonchev–Trinajstić information content (AvgIpc) is 2.36. The monoisotopic (exact) mass is 237 g/mol. The van der Waals surface area contributed by atoms with Crippen LogP contribution in [0, 0.1) is 0 Å². The fraction of sp³-hybridized carbons (Fsp3) is 0.500. The Hall–Kier alpha value is -1.62. The van der Waals surface area contributed by atoms with Gasteiger partial charge in [-0.25, -0.2) is 4.98 Å². The second-order valence-corrected chi connectivity index (χ2v) is 3.80. The second-order valence-electron chi connectivity index (χ2n) is 3.80. The zero-order valence-electron chi connectivity index (χ0n) is 10.5. The Morgan fingerprint density at radius 2 is 2.35 bits per heavy atom. The molecule has 94 valence electrons. The molecular weight excluding hydrogens is 218 g/mol. The number of amides is 1. The molecule has 5 nitrogen and oxygen atoms in total. The van der Waals surface area contributed by atoms with Crippen LogP contribution in [0.1, 0.15) is 20.3 Å². The van der Waals surface area contributed by atoms with Gasteiger partial charge in [-0.05, 0) is 25.5 Å². The van der Waals surface area contributed by atoms with Crippen LogP contribution in [0.5, 0.6) is 5.88 Å². The second kappa shape index (κ2) is 6.85. The number of rotatable bonds is 6. The minimum atomic E-state index is -0.100. The van der Waals surface area contributed by atoms with Crippen molar-refractivity contribution in [1.82, 2.24) is 10.3 Å². The minimum Gasteiger partial charge on any atom is -0.480 e. The Bertz CT molecular complexity index is 369. The van der Waals surface area contributed by atoms with E-state index >= 15 is 0 Å². The Morgan fingerprint density at radius 3 is 3.00 bits per heavy atom. The van der Waals surface area contributed by atoms with Crippen LogP contribution < -0.4 is 15.4 Å². The van der Waals surface area contributed by atoms with Gasteiger partial charge in [0.15, 0.2) is 0 Å². The van der Waals surface area contributed by atoms with E-state index in [9.17, 15) is 4.79 Å². The number of hydrogen-bond acceptors (Lipinski definition) is 4. The van der Waals surface area contributed by atoms with Crippen LogP contribution in [0.3, 0.4) is 0 Å². The van der Waals surface area contributed by atoms with Crippen molar-refractivity contribution in [1.29, 1.82) is 0 Å². The number of pyridine rings is 1. The van der Waals surface area contributed by atoms with Crippen LogP contribution in [0.2, 0.25) is 0 Å². The predicted octanol–water partition coefficient (Wildman–Crippen LogP) is 1.42. The van der Waals surface area contributed by atoms with E-state index in [0.29, 0.717) is 17.6 Å². The summed E-state index contributed by atoms with van der Waals surface area (Å²) in [5.74, 6) is 0.320. The van der Waals surface area contributed by atoms with Gasteiger partial charge >= 0.3 is 0 Å². The van der Waals surface area contributed by atoms with E-state index in [2.05, 4.69) is 22.5 Å². The van der Waals surface area contributed by atoms with Crippen LogP contribution in [-0.2, 0) is 4.79 Å². The van der Waals surface area contributed by atoms with Crippen molar-refractivity contribution in [3.63, 3.8) is 0 Å². The van der Waals surface area contributed by atoms with Crippen LogP contribution >= 0.6 is 0 Å². The Morgan fingerprint density at radius 1 is 1.59 bits per heavy atom. The normalized spacial score (nSPS) is 11.9. The zero-order chi connectivity index (χ0) is 12.7. The molecular formula is C12H19N3O2. The van der Waals surface area contributed by atoms with Crippen molar-refractivity contribution in [2.24, 2.45) is 0 Å². The van der Waals surface area contributed by atoms with E-state index in [1.165, 1.54) is 7.11 Å². The van der Waals surface area contributed by atoms with Gasteiger partial charge in [0.1, 0.15) is 5.69 Å². The first kappa shape index (κ1) is 13.4. The summed E-state index contributed by atoms with van der Waals surface area (Å²) in [6.45, 7) is 4.39. The van der Waals surface area contributed by atoms with Crippen molar-refractivity contribution in [2.45, 2.75) is 26.3 Å². The summed E-state index contributed by atoms with van der Waals surface area (Å²) in [6.07, 6.45) is 2.61. The Balaban J connectivity index is 2.50. The standard InChI is InChI=1S/C12H19N3O2/c1-4-9(2)14-8-11(16)15-10-6-5-7-13-12(10)17-3/h5-7,9,14H,4,8H2,1-3H3,(H,15,16). The number of hydrogen-bond donors (Lipinski definition) is 2. The summed E-state index contributed by atoms with van der Waals surface area (Å²) in [5.41, 5.74) is 0.589. The molecule has 1 heterocycles. The minimum absolute atomic E-state index is 0.100. The highest BCUT2D eigenvalue weighted by atomic mass is 16.5. The molecule has 0 saturated heterocycles. The third kappa shape index (κ3) is 4.40. The number of carbonyl (C=O) groups excluding carboxylic acids is 1. The molecule has 17 heavy (non-hydrogen) atoms. The highest BCUT2D eigenvalue weighted by Crippen LogP contribution is 2.19. The van der Waals surface area contributed by atoms with Crippen molar-refractivity contribution < 1.29 is 9.53 Å². The fourth-order valence-corrected chi connectivity index (χ4v) is 1.25. The molecule has 0 saturated carbocycles. The molecule has 0 bridgehead atoms. The van der Waals surface area contributed by atoms with Crippen LogP contribution in [-0.4, -0.2) is 30.6 Å². The molecule has 0 aliphatic rings. The first-order valence-corrected chi connectivity index (χ1v) is 5.69. The van der Waals surface area contributed by atoms with Crippen molar-refractivity contribution in [3.8, 4) is 5.88 Å². The SMILES string of the molecule is CCC(C)NCC(=O)Nc1cccnc1OC. The maximum absolute atomic E-state index is 11.6. The first-order chi connectivity index (χ1) is 8.17. The van der Waals surface area contributed by atoms with Crippen molar-refractivity contribution in [3.05, 3.63) is 18.3 Å². The number of carbonyl (C=O) groups is 1. The third-order valence-corrected chi connectivity index (χ3v) is 2.46. The van der Waals surface area contributed by atoms with Crippen molar-refractivity contribution in [2.75, 3.05) is 19.0 Å². The first-order valence-electron chi connectivity index (χ1n) is 5.69. The van der Waals surface area contributed by atoms with E-state index in [1.54, 1.807) is 18.3 Å². The average molecular weight is 237 g/mol. The molecule has 0 fully saturated rings. The number of nitrogens with one attached hydrogen (secondary N) is 2. The van der Waals surface area contributed by atoms with Gasteiger partial charge in [0.05, 0.1) is 13.7 Å². The highest BCUT2D eigenvalue weighted by molar-refractivity contribution is 5.93. The van der Waals surface area contributed by atoms with Crippen molar-refractivity contribution >= 4 is 11.6 Å². The molecule has 1 amide bonds. The number of ether oxygens (including phenoxy) is 1. The third-order valence-electron chi connectivity index (χ3n) is 2.46.